The van der Waals surface area contributed by atoms with Crippen molar-refractivity contribution in [3.05, 3.63) is 23.8 Å². The molecule has 0 aromatic rings. The summed E-state index contributed by atoms with van der Waals surface area (Å²) in [4.78, 5) is 0. The molecule has 3 atom stereocenters. The topological polar surface area (TPSA) is 60.7 Å². The summed E-state index contributed by atoms with van der Waals surface area (Å²) < 4.78 is 0. The smallest absolute Gasteiger partial charge is 0.0613 e. The number of aliphatic hydroxyl groups excluding tert-OH is 3. The van der Waals surface area contributed by atoms with E-state index in [1.807, 2.05) is 13.8 Å². The Morgan fingerprint density at radius 2 is 1.72 bits per heavy atom. The highest BCUT2D eigenvalue weighted by Gasteiger charge is 2.28. The number of allylic oxidation sites excluding steroid dienone is 3. The molecule has 0 aromatic carbocycles. The zero-order valence-electron chi connectivity index (χ0n) is 17.2. The minimum atomic E-state index is -0.521. The average Bonchev–Trinajstić information content (AvgIpc) is 2.52. The Hall–Kier alpha value is -0.640. The van der Waals surface area contributed by atoms with Crippen molar-refractivity contribution in [1.82, 2.24) is 0 Å². The van der Waals surface area contributed by atoms with Gasteiger partial charge in [0.2, 0.25) is 0 Å². The maximum atomic E-state index is 10.4. The fourth-order valence-corrected chi connectivity index (χ4v) is 3.05. The van der Waals surface area contributed by atoms with Crippen LogP contribution in [0.15, 0.2) is 23.8 Å². The molecule has 3 N–H and O–H groups in total. The second-order valence-corrected chi connectivity index (χ2v) is 8.54. The Morgan fingerprint density at radius 3 is 2.28 bits per heavy atom. The van der Waals surface area contributed by atoms with Gasteiger partial charge in [0.1, 0.15) is 0 Å². The van der Waals surface area contributed by atoms with Gasteiger partial charge in [0.25, 0.3) is 0 Å². The van der Waals surface area contributed by atoms with Crippen molar-refractivity contribution in [2.45, 2.75) is 98.2 Å². The third-order valence-corrected chi connectivity index (χ3v) is 5.34. The zero-order chi connectivity index (χ0) is 19.5. The molecule has 0 bridgehead atoms. The highest BCUT2D eigenvalue weighted by atomic mass is 16.3. The summed E-state index contributed by atoms with van der Waals surface area (Å²) in [7, 11) is 0. The van der Waals surface area contributed by atoms with Crippen LogP contribution < -0.4 is 0 Å². The van der Waals surface area contributed by atoms with E-state index in [1.54, 1.807) is 0 Å². The summed E-state index contributed by atoms with van der Waals surface area (Å²) in [5, 5.41) is 29.5. The lowest BCUT2D eigenvalue weighted by molar-refractivity contribution is 0.00843. The molecule has 0 aliphatic rings. The number of hydrogen-bond donors (Lipinski definition) is 3. The van der Waals surface area contributed by atoms with Crippen LogP contribution in [0.5, 0.6) is 0 Å². The van der Waals surface area contributed by atoms with E-state index in [0.29, 0.717) is 12.8 Å². The summed E-state index contributed by atoms with van der Waals surface area (Å²) in [5.41, 5.74) is 2.38. The predicted octanol–water partition coefficient (Wildman–Crippen LogP) is 5.01. The van der Waals surface area contributed by atoms with E-state index in [1.165, 1.54) is 11.1 Å². The first-order valence-corrected chi connectivity index (χ1v) is 9.87. The summed E-state index contributed by atoms with van der Waals surface area (Å²) in [6.45, 7) is 14.3. The molecule has 3 unspecified atom stereocenters. The molecule has 0 rings (SSSR count). The largest absolute Gasteiger partial charge is 0.396 e. The zero-order valence-corrected chi connectivity index (χ0v) is 17.2. The Bertz CT molecular complexity index is 398. The monoisotopic (exact) mass is 354 g/mol. The Labute approximate surface area is 155 Å². The lowest BCUT2D eigenvalue weighted by Gasteiger charge is -2.32. The first kappa shape index (κ1) is 24.4. The maximum absolute atomic E-state index is 10.4. The Kier molecular flexibility index (Phi) is 12.3. The number of aliphatic hydroxyl groups is 3. The van der Waals surface area contributed by atoms with Gasteiger partial charge in [-0.25, -0.2) is 0 Å². The second-order valence-electron chi connectivity index (χ2n) is 8.54. The molecule has 0 saturated heterocycles. The van der Waals surface area contributed by atoms with E-state index in [-0.39, 0.29) is 24.0 Å². The molecule has 0 heterocycles. The fraction of sp³-hybridized carbons (Fsp3) is 0.818. The summed E-state index contributed by atoms with van der Waals surface area (Å²) in [6.07, 6.45) is 8.67. The van der Waals surface area contributed by atoms with E-state index in [0.717, 1.165) is 38.5 Å². The molecule has 0 amide bonds. The lowest BCUT2D eigenvalue weighted by Crippen LogP contribution is -2.32. The van der Waals surface area contributed by atoms with Crippen LogP contribution in [0.25, 0.3) is 0 Å². The van der Waals surface area contributed by atoms with Gasteiger partial charge in [-0.1, -0.05) is 38.0 Å². The molecule has 0 saturated carbocycles. The average molecular weight is 355 g/mol. The van der Waals surface area contributed by atoms with Crippen molar-refractivity contribution in [3.8, 4) is 0 Å². The van der Waals surface area contributed by atoms with Gasteiger partial charge < -0.3 is 15.3 Å². The van der Waals surface area contributed by atoms with E-state index >= 15 is 0 Å². The Balaban J connectivity index is 4.10. The van der Waals surface area contributed by atoms with Crippen LogP contribution in [0, 0.1) is 11.3 Å². The molecule has 25 heavy (non-hydrogen) atoms. The first-order valence-electron chi connectivity index (χ1n) is 9.87. The molecular weight excluding hydrogens is 312 g/mol. The normalized spacial score (nSPS) is 16.6. The van der Waals surface area contributed by atoms with Crippen LogP contribution in [0.1, 0.15) is 86.0 Å². The van der Waals surface area contributed by atoms with Gasteiger partial charge in [0, 0.05) is 6.61 Å². The molecule has 0 radical (unpaired) electrons. The van der Waals surface area contributed by atoms with E-state index in [2.05, 4.69) is 33.4 Å². The standard InChI is InChI=1S/C22H42O3/c1-17(2)9-7-10-18(3)11-8-12-19(4)20(24)13-15-22(5,6)21(25)14-16-23/h10,19-21,23-25H,1,7-9,11-16H2,2-6H3/b18-10+. The molecule has 3 heteroatoms. The highest BCUT2D eigenvalue weighted by Crippen LogP contribution is 2.31. The fourth-order valence-electron chi connectivity index (χ4n) is 3.05. The number of rotatable bonds is 14. The van der Waals surface area contributed by atoms with Crippen molar-refractivity contribution in [1.29, 1.82) is 0 Å². The Morgan fingerprint density at radius 1 is 1.08 bits per heavy atom. The van der Waals surface area contributed by atoms with Crippen molar-refractivity contribution < 1.29 is 15.3 Å². The summed E-state index contributed by atoms with van der Waals surface area (Å²) in [6, 6.07) is 0. The molecule has 0 spiro atoms. The van der Waals surface area contributed by atoms with E-state index < -0.39 is 6.10 Å². The van der Waals surface area contributed by atoms with Crippen molar-refractivity contribution >= 4 is 0 Å². The predicted molar refractivity (Wildman–Crippen MR) is 108 cm³/mol. The third kappa shape index (κ3) is 11.6. The maximum Gasteiger partial charge on any atom is 0.0613 e. The van der Waals surface area contributed by atoms with Crippen LogP contribution in [0.2, 0.25) is 0 Å². The van der Waals surface area contributed by atoms with Gasteiger partial charge in [0.15, 0.2) is 0 Å². The van der Waals surface area contributed by atoms with Gasteiger partial charge >= 0.3 is 0 Å². The molecule has 0 aliphatic heterocycles. The molecular formula is C22H42O3. The third-order valence-electron chi connectivity index (χ3n) is 5.34. The summed E-state index contributed by atoms with van der Waals surface area (Å²) in [5.74, 6) is 0.272. The molecule has 0 aliphatic carbocycles. The molecule has 0 fully saturated rings. The lowest BCUT2D eigenvalue weighted by atomic mass is 9.78. The van der Waals surface area contributed by atoms with Crippen molar-refractivity contribution in [2.24, 2.45) is 11.3 Å². The van der Waals surface area contributed by atoms with Gasteiger partial charge in [-0.2, -0.15) is 0 Å². The van der Waals surface area contributed by atoms with Gasteiger partial charge in [-0.3, -0.25) is 0 Å². The van der Waals surface area contributed by atoms with Gasteiger partial charge in [-0.15, -0.1) is 6.58 Å². The molecule has 3 nitrogen and oxygen atoms in total. The van der Waals surface area contributed by atoms with Crippen molar-refractivity contribution in [2.75, 3.05) is 6.61 Å². The van der Waals surface area contributed by atoms with Crippen LogP contribution in [-0.2, 0) is 0 Å². The van der Waals surface area contributed by atoms with Gasteiger partial charge in [-0.05, 0) is 76.5 Å². The van der Waals surface area contributed by atoms with E-state index in [9.17, 15) is 10.2 Å². The van der Waals surface area contributed by atoms with Crippen LogP contribution in [0.4, 0.5) is 0 Å². The summed E-state index contributed by atoms with van der Waals surface area (Å²) >= 11 is 0. The number of hydrogen-bond acceptors (Lipinski definition) is 3. The second kappa shape index (κ2) is 12.7. The van der Waals surface area contributed by atoms with Gasteiger partial charge in [0.05, 0.1) is 12.2 Å². The van der Waals surface area contributed by atoms with E-state index in [4.69, 9.17) is 5.11 Å². The first-order chi connectivity index (χ1) is 11.6. The SMILES string of the molecule is C=C(C)CC/C=C(\C)CCCC(C)C(O)CCC(C)(C)C(O)CCO. The van der Waals surface area contributed by atoms with Crippen LogP contribution in [0.3, 0.4) is 0 Å². The highest BCUT2D eigenvalue weighted by molar-refractivity contribution is 5.00. The van der Waals surface area contributed by atoms with Crippen LogP contribution >= 0.6 is 0 Å². The molecule has 0 aromatic heterocycles. The van der Waals surface area contributed by atoms with Crippen LogP contribution in [-0.4, -0.2) is 34.1 Å². The van der Waals surface area contributed by atoms with Crippen molar-refractivity contribution in [3.63, 3.8) is 0 Å². The molecule has 148 valence electrons. The minimum Gasteiger partial charge on any atom is -0.396 e. The quantitative estimate of drug-likeness (QED) is 0.384. The minimum absolute atomic E-state index is 0.00277.